The first kappa shape index (κ1) is 12.9. The Bertz CT molecular complexity index is 795. The van der Waals surface area contributed by atoms with Crippen LogP contribution in [0.3, 0.4) is 0 Å². The SMILES string of the molecule is O=c1[nH]c(-c2ccsc2)nc(O)c1-c1ccc(Cl)cc1. The van der Waals surface area contributed by atoms with Gasteiger partial charge in [0.2, 0.25) is 5.88 Å². The zero-order chi connectivity index (χ0) is 14.1. The normalized spacial score (nSPS) is 10.7. The van der Waals surface area contributed by atoms with E-state index in [-0.39, 0.29) is 17.0 Å². The smallest absolute Gasteiger partial charge is 0.262 e. The van der Waals surface area contributed by atoms with Gasteiger partial charge in [-0.2, -0.15) is 16.3 Å². The second-order valence-corrected chi connectivity index (χ2v) is 5.35. The topological polar surface area (TPSA) is 66.0 Å². The first-order valence-corrected chi connectivity index (χ1v) is 7.09. The fraction of sp³-hybridized carbons (Fsp3) is 0. The fourth-order valence-electron chi connectivity index (χ4n) is 1.87. The number of nitrogens with zero attached hydrogens (tertiary/aromatic N) is 1. The van der Waals surface area contributed by atoms with E-state index in [1.807, 2.05) is 16.8 Å². The van der Waals surface area contributed by atoms with Crippen LogP contribution in [0.5, 0.6) is 5.88 Å². The average Bonchev–Trinajstić information content (AvgIpc) is 2.94. The Labute approximate surface area is 123 Å². The van der Waals surface area contributed by atoms with Gasteiger partial charge in [-0.25, -0.2) is 0 Å². The van der Waals surface area contributed by atoms with Crippen molar-refractivity contribution in [2.75, 3.05) is 0 Å². The molecule has 0 amide bonds. The highest BCUT2D eigenvalue weighted by Gasteiger charge is 2.13. The van der Waals surface area contributed by atoms with E-state index in [1.54, 1.807) is 24.3 Å². The van der Waals surface area contributed by atoms with E-state index in [2.05, 4.69) is 9.97 Å². The molecule has 100 valence electrons. The third kappa shape index (κ3) is 2.33. The second-order valence-electron chi connectivity index (χ2n) is 4.13. The molecule has 3 rings (SSSR count). The molecule has 0 aliphatic rings. The van der Waals surface area contributed by atoms with Crippen LogP contribution in [0.25, 0.3) is 22.5 Å². The van der Waals surface area contributed by atoms with Crippen molar-refractivity contribution in [3.63, 3.8) is 0 Å². The summed E-state index contributed by atoms with van der Waals surface area (Å²) in [5, 5.41) is 14.3. The standard InChI is InChI=1S/C14H9ClN2O2S/c15-10-3-1-8(2-4-10)11-13(18)16-12(17-14(11)19)9-5-6-20-7-9/h1-7H,(H2,16,17,18,19). The minimum Gasteiger partial charge on any atom is -0.493 e. The highest BCUT2D eigenvalue weighted by molar-refractivity contribution is 7.08. The summed E-state index contributed by atoms with van der Waals surface area (Å²) in [5.74, 6) is 0.0590. The van der Waals surface area contributed by atoms with Crippen molar-refractivity contribution in [2.45, 2.75) is 0 Å². The van der Waals surface area contributed by atoms with E-state index in [1.165, 1.54) is 11.3 Å². The maximum Gasteiger partial charge on any atom is 0.262 e. The van der Waals surface area contributed by atoms with Crippen molar-refractivity contribution in [3.05, 3.63) is 56.5 Å². The molecule has 0 fully saturated rings. The minimum atomic E-state index is -0.388. The number of halogens is 1. The molecular formula is C14H9ClN2O2S. The number of H-pyrrole nitrogens is 1. The first-order valence-electron chi connectivity index (χ1n) is 5.77. The average molecular weight is 305 g/mol. The maximum absolute atomic E-state index is 12.2. The summed E-state index contributed by atoms with van der Waals surface area (Å²) in [4.78, 5) is 18.9. The molecule has 0 aliphatic heterocycles. The summed E-state index contributed by atoms with van der Waals surface area (Å²) in [7, 11) is 0. The molecule has 0 unspecified atom stereocenters. The molecule has 0 atom stereocenters. The third-order valence-corrected chi connectivity index (χ3v) is 3.76. The zero-order valence-electron chi connectivity index (χ0n) is 10.1. The van der Waals surface area contributed by atoms with Crippen molar-refractivity contribution < 1.29 is 5.11 Å². The van der Waals surface area contributed by atoms with Crippen LogP contribution in [-0.4, -0.2) is 15.1 Å². The summed E-state index contributed by atoms with van der Waals surface area (Å²) in [6.07, 6.45) is 0. The van der Waals surface area contributed by atoms with Crippen LogP contribution in [0.4, 0.5) is 0 Å². The van der Waals surface area contributed by atoms with Gasteiger partial charge in [-0.3, -0.25) is 4.79 Å². The molecule has 0 saturated heterocycles. The van der Waals surface area contributed by atoms with Gasteiger partial charge in [0.15, 0.2) is 0 Å². The second kappa shape index (κ2) is 5.11. The van der Waals surface area contributed by atoms with Gasteiger partial charge in [-0.15, -0.1) is 0 Å². The number of aromatic nitrogens is 2. The van der Waals surface area contributed by atoms with Gasteiger partial charge in [-0.1, -0.05) is 23.7 Å². The van der Waals surface area contributed by atoms with Gasteiger partial charge < -0.3 is 10.1 Å². The molecule has 4 nitrogen and oxygen atoms in total. The molecule has 2 heterocycles. The fourth-order valence-corrected chi connectivity index (χ4v) is 2.64. The quantitative estimate of drug-likeness (QED) is 0.761. The Morgan fingerprint density at radius 2 is 1.90 bits per heavy atom. The summed E-state index contributed by atoms with van der Waals surface area (Å²) in [6, 6.07) is 8.46. The van der Waals surface area contributed by atoms with Crippen LogP contribution in [0.1, 0.15) is 0 Å². The molecule has 20 heavy (non-hydrogen) atoms. The Balaban J connectivity index is 2.14. The Hall–Kier alpha value is -2.11. The molecule has 0 bridgehead atoms. The lowest BCUT2D eigenvalue weighted by Crippen LogP contribution is -2.11. The summed E-state index contributed by atoms with van der Waals surface area (Å²) in [6.45, 7) is 0. The predicted octanol–water partition coefficient (Wildman–Crippen LogP) is 3.52. The summed E-state index contributed by atoms with van der Waals surface area (Å²) >= 11 is 7.30. The zero-order valence-corrected chi connectivity index (χ0v) is 11.7. The molecule has 0 aliphatic carbocycles. The van der Waals surface area contributed by atoms with E-state index in [0.29, 0.717) is 16.4 Å². The van der Waals surface area contributed by atoms with Crippen molar-refractivity contribution in [1.82, 2.24) is 9.97 Å². The number of rotatable bonds is 2. The number of aromatic hydroxyl groups is 1. The Kier molecular flexibility index (Phi) is 3.30. The molecule has 1 aromatic carbocycles. The molecule has 0 saturated carbocycles. The van der Waals surface area contributed by atoms with E-state index in [0.717, 1.165) is 5.56 Å². The van der Waals surface area contributed by atoms with Gasteiger partial charge in [0.25, 0.3) is 5.56 Å². The number of nitrogens with one attached hydrogen (secondary N) is 1. The van der Waals surface area contributed by atoms with Gasteiger partial charge >= 0.3 is 0 Å². The van der Waals surface area contributed by atoms with Crippen LogP contribution < -0.4 is 5.56 Å². The van der Waals surface area contributed by atoms with Crippen LogP contribution >= 0.6 is 22.9 Å². The van der Waals surface area contributed by atoms with Crippen molar-refractivity contribution in [3.8, 4) is 28.4 Å². The molecular weight excluding hydrogens is 296 g/mol. The van der Waals surface area contributed by atoms with Crippen LogP contribution in [-0.2, 0) is 0 Å². The lowest BCUT2D eigenvalue weighted by Gasteiger charge is -2.05. The number of hydrogen-bond donors (Lipinski definition) is 2. The first-order chi connectivity index (χ1) is 9.65. The van der Waals surface area contributed by atoms with E-state index in [9.17, 15) is 9.90 Å². The van der Waals surface area contributed by atoms with E-state index < -0.39 is 0 Å². The van der Waals surface area contributed by atoms with E-state index >= 15 is 0 Å². The number of aromatic amines is 1. The molecule has 6 heteroatoms. The maximum atomic E-state index is 12.2. The largest absolute Gasteiger partial charge is 0.493 e. The molecule has 3 aromatic rings. The number of thiophene rings is 1. The number of hydrogen-bond acceptors (Lipinski definition) is 4. The van der Waals surface area contributed by atoms with Crippen molar-refractivity contribution in [1.29, 1.82) is 0 Å². The van der Waals surface area contributed by atoms with Gasteiger partial charge in [-0.05, 0) is 29.1 Å². The Morgan fingerprint density at radius 1 is 1.15 bits per heavy atom. The lowest BCUT2D eigenvalue weighted by molar-refractivity contribution is 0.454. The van der Waals surface area contributed by atoms with Crippen LogP contribution in [0.2, 0.25) is 5.02 Å². The van der Waals surface area contributed by atoms with Crippen molar-refractivity contribution >= 4 is 22.9 Å². The van der Waals surface area contributed by atoms with Crippen LogP contribution in [0.15, 0.2) is 45.9 Å². The predicted molar refractivity (Wildman–Crippen MR) is 80.3 cm³/mol. The highest BCUT2D eigenvalue weighted by Crippen LogP contribution is 2.27. The number of benzene rings is 1. The highest BCUT2D eigenvalue weighted by atomic mass is 35.5. The Morgan fingerprint density at radius 3 is 2.50 bits per heavy atom. The molecule has 2 N–H and O–H groups in total. The molecule has 2 aromatic heterocycles. The lowest BCUT2D eigenvalue weighted by atomic mass is 10.1. The third-order valence-electron chi connectivity index (χ3n) is 2.83. The summed E-state index contributed by atoms with van der Waals surface area (Å²) in [5.41, 5.74) is 1.09. The minimum absolute atomic E-state index is 0.139. The van der Waals surface area contributed by atoms with Crippen molar-refractivity contribution in [2.24, 2.45) is 0 Å². The molecule has 0 spiro atoms. The van der Waals surface area contributed by atoms with Gasteiger partial charge in [0.05, 0.1) is 0 Å². The van der Waals surface area contributed by atoms with Crippen LogP contribution in [0, 0.1) is 0 Å². The molecule has 0 radical (unpaired) electrons. The summed E-state index contributed by atoms with van der Waals surface area (Å²) < 4.78 is 0. The monoisotopic (exact) mass is 304 g/mol. The van der Waals surface area contributed by atoms with E-state index in [4.69, 9.17) is 11.6 Å². The van der Waals surface area contributed by atoms with Gasteiger partial charge in [0, 0.05) is 16.0 Å². The van der Waals surface area contributed by atoms with Gasteiger partial charge in [0.1, 0.15) is 11.4 Å².